The van der Waals surface area contributed by atoms with E-state index in [0.717, 1.165) is 25.7 Å². The van der Waals surface area contributed by atoms with Crippen molar-refractivity contribution < 1.29 is 29.6 Å². The lowest BCUT2D eigenvalue weighted by molar-refractivity contribution is -0.232. The zero-order chi connectivity index (χ0) is 27.4. The van der Waals surface area contributed by atoms with Crippen LogP contribution in [0.25, 0.3) is 0 Å². The summed E-state index contributed by atoms with van der Waals surface area (Å²) in [5, 5.41) is 32.5. The van der Waals surface area contributed by atoms with Gasteiger partial charge in [-0.05, 0) is 104 Å². The number of rotatable bonds is 2. The maximum absolute atomic E-state index is 12.9. The molecule has 0 spiro atoms. The Hall–Kier alpha value is -1.40. The summed E-state index contributed by atoms with van der Waals surface area (Å²) >= 11 is 0. The van der Waals surface area contributed by atoms with Crippen molar-refractivity contribution in [3.05, 3.63) is 11.6 Å². The van der Waals surface area contributed by atoms with E-state index in [0.29, 0.717) is 43.9 Å². The Morgan fingerprint density at radius 3 is 2.19 bits per heavy atom. The number of esters is 1. The first kappa shape index (κ1) is 27.2. The third kappa shape index (κ3) is 3.24. The summed E-state index contributed by atoms with van der Waals surface area (Å²) in [4.78, 5) is 25.7. The van der Waals surface area contributed by atoms with Gasteiger partial charge in [0, 0.05) is 0 Å². The minimum absolute atomic E-state index is 0.0514. The first-order valence-electron chi connectivity index (χ1n) is 14.4. The molecule has 4 fully saturated rings. The molecule has 10 atom stereocenters. The van der Waals surface area contributed by atoms with Crippen LogP contribution in [0.15, 0.2) is 11.6 Å². The third-order valence-electron chi connectivity index (χ3n) is 13.5. The zero-order valence-electron chi connectivity index (χ0n) is 23.9. The molecule has 0 amide bonds. The van der Waals surface area contributed by atoms with E-state index in [2.05, 4.69) is 40.7 Å². The molecule has 3 N–H and O–H groups in total. The topological polar surface area (TPSA) is 104 Å². The molecule has 5 aliphatic rings. The Labute approximate surface area is 222 Å². The molecule has 0 aliphatic heterocycles. The highest BCUT2D eigenvalue weighted by Crippen LogP contribution is 2.75. The van der Waals surface area contributed by atoms with Gasteiger partial charge in [-0.15, -0.1) is 0 Å². The van der Waals surface area contributed by atoms with Gasteiger partial charge in [-0.25, -0.2) is 0 Å². The van der Waals surface area contributed by atoms with Gasteiger partial charge in [-0.2, -0.15) is 0 Å². The summed E-state index contributed by atoms with van der Waals surface area (Å²) in [6.07, 6.45) is 7.42. The van der Waals surface area contributed by atoms with Crippen molar-refractivity contribution in [2.75, 3.05) is 7.11 Å². The van der Waals surface area contributed by atoms with Crippen molar-refractivity contribution in [3.8, 4) is 0 Å². The lowest BCUT2D eigenvalue weighted by Crippen LogP contribution is -2.67. The Morgan fingerprint density at radius 1 is 0.919 bits per heavy atom. The quantitative estimate of drug-likeness (QED) is 0.337. The van der Waals surface area contributed by atoms with Crippen LogP contribution in [0.2, 0.25) is 0 Å². The number of aliphatic hydroxyl groups is 2. The fourth-order valence-corrected chi connectivity index (χ4v) is 11.0. The molecule has 6 nitrogen and oxygen atoms in total. The number of hydrogen-bond donors (Lipinski definition) is 3. The minimum Gasteiger partial charge on any atom is -0.481 e. The molecule has 0 aromatic rings. The second-order valence-corrected chi connectivity index (χ2v) is 15.1. The number of hydrogen-bond acceptors (Lipinski definition) is 5. The molecule has 0 unspecified atom stereocenters. The van der Waals surface area contributed by atoms with Crippen molar-refractivity contribution in [2.45, 2.75) is 112 Å². The molecule has 4 saturated carbocycles. The molecule has 0 saturated heterocycles. The highest BCUT2D eigenvalue weighted by atomic mass is 16.5. The van der Waals surface area contributed by atoms with Gasteiger partial charge >= 0.3 is 11.9 Å². The summed E-state index contributed by atoms with van der Waals surface area (Å²) < 4.78 is 5.19. The average molecular weight is 517 g/mol. The number of aliphatic hydroxyl groups excluding tert-OH is 2. The van der Waals surface area contributed by atoms with Crippen molar-refractivity contribution in [1.82, 2.24) is 0 Å². The Kier molecular flexibility index (Phi) is 5.92. The summed E-state index contributed by atoms with van der Waals surface area (Å²) in [5.74, 6) is -0.485. The number of carbonyl (C=O) groups is 2. The van der Waals surface area contributed by atoms with E-state index < -0.39 is 29.0 Å². The number of fused-ring (bicyclic) bond motifs is 7. The number of ether oxygens (including phenoxy) is 1. The first-order valence-corrected chi connectivity index (χ1v) is 14.4. The van der Waals surface area contributed by atoms with Crippen LogP contribution in [-0.4, -0.2) is 46.6 Å². The lowest BCUT2D eigenvalue weighted by Gasteiger charge is -2.71. The molecule has 37 heavy (non-hydrogen) atoms. The molecule has 208 valence electrons. The maximum atomic E-state index is 12.9. The standard InChI is InChI=1S/C31H48O6/c1-26(2)21-10-11-30(6)22(28(21,4)17-20(32)23(26)33)9-8-18-19-16-27(3,25(36)37-7)12-14-31(19,24(34)35)15-13-29(18,30)5/h8,19-23,32-33H,9-17H2,1-7H3,(H,34,35)/t19-,20-,21-,22+,23-,27+,28-,29+,30+,31-/m0/s1. The largest absolute Gasteiger partial charge is 0.481 e. The fourth-order valence-electron chi connectivity index (χ4n) is 11.0. The van der Waals surface area contributed by atoms with Crippen LogP contribution >= 0.6 is 0 Å². The summed E-state index contributed by atoms with van der Waals surface area (Å²) in [5.41, 5.74) is -0.947. The molecule has 0 aromatic carbocycles. The van der Waals surface area contributed by atoms with Crippen LogP contribution in [0.3, 0.4) is 0 Å². The average Bonchev–Trinajstić information content (AvgIpc) is 2.82. The number of carboxylic acid groups (broad SMARTS) is 1. The number of carboxylic acids is 1. The second kappa shape index (κ2) is 8.06. The van der Waals surface area contributed by atoms with Crippen LogP contribution in [0.5, 0.6) is 0 Å². The summed E-state index contributed by atoms with van der Waals surface area (Å²) in [6.45, 7) is 13.3. The normalized spacial score (nSPS) is 52.5. The van der Waals surface area contributed by atoms with E-state index >= 15 is 0 Å². The van der Waals surface area contributed by atoms with Crippen LogP contribution in [0.4, 0.5) is 0 Å². The first-order chi connectivity index (χ1) is 17.0. The molecule has 0 bridgehead atoms. The lowest BCUT2D eigenvalue weighted by atomic mass is 9.33. The zero-order valence-corrected chi connectivity index (χ0v) is 23.9. The monoisotopic (exact) mass is 516 g/mol. The Balaban J connectivity index is 1.60. The number of aliphatic carboxylic acids is 1. The smallest absolute Gasteiger partial charge is 0.311 e. The van der Waals surface area contributed by atoms with E-state index in [1.165, 1.54) is 12.7 Å². The van der Waals surface area contributed by atoms with Gasteiger partial charge < -0.3 is 20.1 Å². The molecule has 6 heteroatoms. The predicted molar refractivity (Wildman–Crippen MR) is 140 cm³/mol. The van der Waals surface area contributed by atoms with Gasteiger partial charge in [-0.1, -0.05) is 46.3 Å². The van der Waals surface area contributed by atoms with Gasteiger partial charge in [0.25, 0.3) is 0 Å². The Bertz CT molecular complexity index is 1030. The van der Waals surface area contributed by atoms with Crippen LogP contribution in [0, 0.1) is 50.2 Å². The van der Waals surface area contributed by atoms with E-state index in [1.54, 1.807) is 0 Å². The van der Waals surface area contributed by atoms with Crippen molar-refractivity contribution in [3.63, 3.8) is 0 Å². The van der Waals surface area contributed by atoms with Crippen molar-refractivity contribution in [2.24, 2.45) is 50.2 Å². The Morgan fingerprint density at radius 2 is 1.57 bits per heavy atom. The number of methoxy groups -OCH3 is 1. The van der Waals surface area contributed by atoms with Crippen LogP contribution in [0.1, 0.15) is 99.3 Å². The van der Waals surface area contributed by atoms with E-state index in [9.17, 15) is 24.9 Å². The van der Waals surface area contributed by atoms with Gasteiger partial charge in [0.2, 0.25) is 0 Å². The van der Waals surface area contributed by atoms with Crippen molar-refractivity contribution >= 4 is 11.9 Å². The molecular formula is C31H48O6. The number of carbonyl (C=O) groups excluding carboxylic acids is 1. The van der Waals surface area contributed by atoms with E-state index in [-0.39, 0.29) is 33.5 Å². The second-order valence-electron chi connectivity index (χ2n) is 15.1. The maximum Gasteiger partial charge on any atom is 0.311 e. The van der Waals surface area contributed by atoms with Crippen LogP contribution < -0.4 is 0 Å². The van der Waals surface area contributed by atoms with Gasteiger partial charge in [0.15, 0.2) is 0 Å². The van der Waals surface area contributed by atoms with Gasteiger partial charge in [0.05, 0.1) is 30.1 Å². The molecule has 0 radical (unpaired) electrons. The molecule has 0 heterocycles. The summed E-state index contributed by atoms with van der Waals surface area (Å²) in [6, 6.07) is 0. The molecule has 0 aromatic heterocycles. The van der Waals surface area contributed by atoms with Gasteiger partial charge in [-0.3, -0.25) is 9.59 Å². The van der Waals surface area contributed by atoms with E-state index in [1.807, 2.05) is 6.92 Å². The minimum atomic E-state index is -0.823. The van der Waals surface area contributed by atoms with Crippen LogP contribution in [-0.2, 0) is 14.3 Å². The molecule has 5 rings (SSSR count). The molecular weight excluding hydrogens is 468 g/mol. The van der Waals surface area contributed by atoms with E-state index in [4.69, 9.17) is 4.74 Å². The molecule has 5 aliphatic carbocycles. The fraction of sp³-hybridized carbons (Fsp3) is 0.871. The highest BCUT2D eigenvalue weighted by molar-refractivity contribution is 5.80. The van der Waals surface area contributed by atoms with Crippen molar-refractivity contribution in [1.29, 1.82) is 0 Å². The highest BCUT2D eigenvalue weighted by Gasteiger charge is 2.70. The summed E-state index contributed by atoms with van der Waals surface area (Å²) in [7, 11) is 1.43. The number of allylic oxidation sites excluding steroid dienone is 2. The predicted octanol–water partition coefficient (Wildman–Crippen LogP) is 5.36. The third-order valence-corrected chi connectivity index (χ3v) is 13.5. The SMILES string of the molecule is COC(=O)[C@]1(C)CC[C@]2(C(=O)O)CC[C@]3(C)C(=CC[C@@H]4[C@@]5(C)C[C@H](O)[C@H](O)C(C)(C)[C@@H]5CC[C@]43C)[C@@H]2C1. The van der Waals surface area contributed by atoms with Gasteiger partial charge in [0.1, 0.15) is 0 Å².